The minimum atomic E-state index is 0.931. The normalized spacial score (nSPS) is 10.5. The molecule has 0 N–H and O–H groups in total. The summed E-state index contributed by atoms with van der Waals surface area (Å²) >= 11 is 0. The smallest absolute Gasteiger partial charge is 0.212 e. The highest BCUT2D eigenvalue weighted by Gasteiger charge is 2.17. The molecule has 0 radical (unpaired) electrons. The van der Waals surface area contributed by atoms with Crippen LogP contribution in [0.15, 0.2) is 77.2 Å². The van der Waals surface area contributed by atoms with E-state index in [9.17, 15) is 0 Å². The van der Waals surface area contributed by atoms with Crippen LogP contribution in [-0.2, 0) is 6.42 Å². The highest BCUT2D eigenvalue weighted by molar-refractivity contribution is 5.69. The van der Waals surface area contributed by atoms with Crippen LogP contribution in [0.5, 0.6) is 0 Å². The predicted molar refractivity (Wildman–Crippen MR) is 88.0 cm³/mol. The van der Waals surface area contributed by atoms with Crippen LogP contribution in [0.4, 0.5) is 0 Å². The molecule has 1 nitrogen and oxygen atoms in total. The fraction of sp³-hybridized carbons (Fsp3) is 0.150. The Morgan fingerprint density at radius 2 is 1.33 bits per heavy atom. The van der Waals surface area contributed by atoms with E-state index in [-0.39, 0.29) is 0 Å². The van der Waals surface area contributed by atoms with Crippen LogP contribution in [0, 0.1) is 0 Å². The third-order valence-corrected chi connectivity index (χ3v) is 3.51. The van der Waals surface area contributed by atoms with Crippen LogP contribution >= 0.6 is 0 Å². The lowest BCUT2D eigenvalue weighted by atomic mass is 10.0. The first-order valence-electron chi connectivity index (χ1n) is 7.44. The maximum Gasteiger partial charge on any atom is 0.360 e. The van der Waals surface area contributed by atoms with Gasteiger partial charge >= 0.3 is 11.5 Å². The van der Waals surface area contributed by atoms with Crippen molar-refractivity contribution in [2.75, 3.05) is 0 Å². The van der Waals surface area contributed by atoms with Gasteiger partial charge in [-0.25, -0.2) is 4.42 Å². The molecule has 1 heterocycles. The summed E-state index contributed by atoms with van der Waals surface area (Å²) in [5.74, 6) is 1.97. The van der Waals surface area contributed by atoms with Gasteiger partial charge in [0, 0.05) is 11.6 Å². The zero-order valence-electron chi connectivity index (χ0n) is 12.3. The van der Waals surface area contributed by atoms with E-state index in [0.29, 0.717) is 0 Å². The molecule has 2 aromatic carbocycles. The minimum absolute atomic E-state index is 0.931. The second-order valence-electron chi connectivity index (χ2n) is 5.16. The first-order valence-corrected chi connectivity index (χ1v) is 7.44. The maximum atomic E-state index is 6.07. The number of rotatable bonds is 4. The Morgan fingerprint density at radius 3 is 1.95 bits per heavy atom. The first kappa shape index (κ1) is 13.6. The lowest BCUT2D eigenvalue weighted by molar-refractivity contribution is 0.503. The Bertz CT molecular complexity index is 645. The molecule has 0 fully saturated rings. The topological polar surface area (TPSA) is 11.3 Å². The second-order valence-corrected chi connectivity index (χ2v) is 5.16. The highest BCUT2D eigenvalue weighted by atomic mass is 16.3. The molecule has 0 atom stereocenters. The minimum Gasteiger partial charge on any atom is -0.212 e. The Hall–Kier alpha value is -2.41. The van der Waals surface area contributed by atoms with E-state index in [4.69, 9.17) is 4.42 Å². The van der Waals surface area contributed by atoms with Crippen molar-refractivity contribution >= 4 is 0 Å². The SMILES string of the molecule is CCCc1cc(-c2ccccc2)cc(-c2ccccc2)[o+]1. The summed E-state index contributed by atoms with van der Waals surface area (Å²) in [7, 11) is 0. The molecule has 0 aliphatic carbocycles. The van der Waals surface area contributed by atoms with E-state index in [1.165, 1.54) is 11.1 Å². The Balaban J connectivity index is 2.11. The van der Waals surface area contributed by atoms with Crippen LogP contribution in [0.2, 0.25) is 0 Å². The molecule has 3 aromatic rings. The molecule has 0 saturated carbocycles. The summed E-state index contributed by atoms with van der Waals surface area (Å²) in [4.78, 5) is 0. The van der Waals surface area contributed by atoms with Crippen molar-refractivity contribution < 1.29 is 4.42 Å². The van der Waals surface area contributed by atoms with E-state index in [2.05, 4.69) is 55.5 Å². The number of aryl methyl sites for hydroxylation is 1. The van der Waals surface area contributed by atoms with Gasteiger partial charge in [-0.05, 0) is 24.1 Å². The Labute approximate surface area is 125 Å². The molecule has 21 heavy (non-hydrogen) atoms. The summed E-state index contributed by atoms with van der Waals surface area (Å²) in [6.07, 6.45) is 2.04. The first-order chi connectivity index (χ1) is 10.4. The van der Waals surface area contributed by atoms with Crippen molar-refractivity contribution in [1.82, 2.24) is 0 Å². The van der Waals surface area contributed by atoms with E-state index in [1.54, 1.807) is 0 Å². The van der Waals surface area contributed by atoms with Gasteiger partial charge < -0.3 is 0 Å². The molecule has 0 spiro atoms. The lowest BCUT2D eigenvalue weighted by Crippen LogP contribution is -1.88. The van der Waals surface area contributed by atoms with Gasteiger partial charge in [0.25, 0.3) is 0 Å². The largest absolute Gasteiger partial charge is 0.360 e. The third kappa shape index (κ3) is 3.19. The van der Waals surface area contributed by atoms with E-state index < -0.39 is 0 Å². The molecule has 0 bridgehead atoms. The number of benzene rings is 2. The monoisotopic (exact) mass is 275 g/mol. The van der Waals surface area contributed by atoms with Crippen molar-refractivity contribution in [2.45, 2.75) is 19.8 Å². The third-order valence-electron chi connectivity index (χ3n) is 3.51. The number of hydrogen-bond acceptors (Lipinski definition) is 0. The molecular weight excluding hydrogens is 256 g/mol. The van der Waals surface area contributed by atoms with Crippen LogP contribution in [-0.4, -0.2) is 0 Å². The molecule has 0 unspecified atom stereocenters. The predicted octanol–water partition coefficient (Wildman–Crippen LogP) is 5.85. The van der Waals surface area contributed by atoms with Crippen LogP contribution in [0.25, 0.3) is 22.5 Å². The summed E-state index contributed by atoms with van der Waals surface area (Å²) < 4.78 is 6.07. The molecule has 3 rings (SSSR count). The quantitative estimate of drug-likeness (QED) is 0.544. The van der Waals surface area contributed by atoms with Crippen molar-refractivity contribution in [3.05, 3.63) is 78.6 Å². The second kappa shape index (κ2) is 6.36. The zero-order chi connectivity index (χ0) is 14.5. The van der Waals surface area contributed by atoms with Gasteiger partial charge in [-0.15, -0.1) is 0 Å². The molecule has 0 amide bonds. The number of hydrogen-bond donors (Lipinski definition) is 0. The lowest BCUT2D eigenvalue weighted by Gasteiger charge is -2.01. The van der Waals surface area contributed by atoms with Gasteiger partial charge in [-0.1, -0.05) is 55.5 Å². The van der Waals surface area contributed by atoms with Crippen molar-refractivity contribution in [1.29, 1.82) is 0 Å². The maximum absolute atomic E-state index is 6.07. The zero-order valence-corrected chi connectivity index (χ0v) is 12.3. The van der Waals surface area contributed by atoms with E-state index in [1.807, 2.05) is 24.3 Å². The van der Waals surface area contributed by atoms with Gasteiger partial charge in [0.05, 0.1) is 18.1 Å². The standard InChI is InChI=1S/C20H19O/c1-2-9-19-14-18(16-10-5-3-6-11-16)15-20(21-19)17-12-7-4-8-13-17/h3-8,10-15H,2,9H2,1H3/q+1. The molecule has 0 saturated heterocycles. The van der Waals surface area contributed by atoms with Gasteiger partial charge in [0.15, 0.2) is 0 Å². The summed E-state index contributed by atoms with van der Waals surface area (Å²) in [6.45, 7) is 2.17. The van der Waals surface area contributed by atoms with Crippen molar-refractivity contribution in [3.8, 4) is 22.5 Å². The van der Waals surface area contributed by atoms with E-state index in [0.717, 1.165) is 29.9 Å². The van der Waals surface area contributed by atoms with Crippen LogP contribution in [0.1, 0.15) is 19.1 Å². The molecule has 1 heteroatoms. The van der Waals surface area contributed by atoms with Gasteiger partial charge in [-0.2, -0.15) is 0 Å². The van der Waals surface area contributed by atoms with E-state index >= 15 is 0 Å². The Kier molecular flexibility index (Phi) is 4.11. The summed E-state index contributed by atoms with van der Waals surface area (Å²) in [5.41, 5.74) is 3.56. The fourth-order valence-electron chi connectivity index (χ4n) is 2.47. The van der Waals surface area contributed by atoms with Crippen molar-refractivity contribution in [2.24, 2.45) is 0 Å². The highest BCUT2D eigenvalue weighted by Crippen LogP contribution is 2.28. The average molecular weight is 275 g/mol. The molecule has 0 aliphatic heterocycles. The molecule has 104 valence electrons. The van der Waals surface area contributed by atoms with Crippen molar-refractivity contribution in [3.63, 3.8) is 0 Å². The van der Waals surface area contributed by atoms with Crippen LogP contribution < -0.4 is 0 Å². The Morgan fingerprint density at radius 1 is 0.714 bits per heavy atom. The molecular formula is C20H19O+. The van der Waals surface area contributed by atoms with Gasteiger partial charge in [-0.3, -0.25) is 0 Å². The van der Waals surface area contributed by atoms with Gasteiger partial charge in [0.2, 0.25) is 0 Å². The average Bonchev–Trinajstić information content (AvgIpc) is 2.56. The molecule has 1 aromatic heterocycles. The summed E-state index contributed by atoms with van der Waals surface area (Å²) in [6, 6.07) is 25.0. The fourth-order valence-corrected chi connectivity index (χ4v) is 2.47. The van der Waals surface area contributed by atoms with Crippen LogP contribution in [0.3, 0.4) is 0 Å². The summed E-state index contributed by atoms with van der Waals surface area (Å²) in [5, 5.41) is 0. The molecule has 0 aliphatic rings. The van der Waals surface area contributed by atoms with Gasteiger partial charge in [0.1, 0.15) is 0 Å².